The molecule has 0 unspecified atom stereocenters. The summed E-state index contributed by atoms with van der Waals surface area (Å²) in [6.07, 6.45) is 11.8. The van der Waals surface area contributed by atoms with Crippen LogP contribution < -0.4 is 4.90 Å². The Morgan fingerprint density at radius 2 is 1.91 bits per heavy atom. The van der Waals surface area contributed by atoms with Crippen LogP contribution in [-0.4, -0.2) is 63.9 Å². The van der Waals surface area contributed by atoms with Crippen LogP contribution in [0.3, 0.4) is 0 Å². The van der Waals surface area contributed by atoms with Crippen molar-refractivity contribution in [3.63, 3.8) is 0 Å². The molecule has 3 aliphatic rings. The Bertz CT molecular complexity index is 1110. The normalized spacial score (nSPS) is 24.5. The zero-order chi connectivity index (χ0) is 22.4. The molecule has 2 fully saturated rings. The Balaban J connectivity index is 1.27. The monoisotopic (exact) mass is 444 g/mol. The molecule has 6 heteroatoms. The second kappa shape index (κ2) is 8.73. The van der Waals surface area contributed by atoms with E-state index in [0.29, 0.717) is 12.1 Å². The standard InChI is InChI=1S/C27H36N6/c1-30-16-12-23(13-17-30)31(2)25-9-3-8-24-29-22(19-33(24)25)18-32-15-5-7-21-11-10-20-6-4-14-28-26(20)27(21)32/h3-4,6,8-9,14,19,21,23,27H,5,7,10-13,15-18H2,1-2H3/t21-,27-/m0/s1. The molecule has 0 aromatic carbocycles. The Kier molecular flexibility index (Phi) is 5.59. The average molecular weight is 445 g/mol. The molecular weight excluding hydrogens is 408 g/mol. The zero-order valence-electron chi connectivity index (χ0n) is 20.0. The lowest BCUT2D eigenvalue weighted by Gasteiger charge is -2.44. The largest absolute Gasteiger partial charge is 0.358 e. The minimum Gasteiger partial charge on any atom is -0.358 e. The molecule has 0 N–H and O–H groups in total. The molecule has 33 heavy (non-hydrogen) atoms. The molecule has 2 saturated heterocycles. The van der Waals surface area contributed by atoms with Crippen LogP contribution in [0.2, 0.25) is 0 Å². The van der Waals surface area contributed by atoms with Gasteiger partial charge in [0.05, 0.1) is 17.4 Å². The van der Waals surface area contributed by atoms with E-state index >= 15 is 0 Å². The van der Waals surface area contributed by atoms with Gasteiger partial charge in [-0.25, -0.2) is 4.98 Å². The summed E-state index contributed by atoms with van der Waals surface area (Å²) in [5.74, 6) is 1.98. The zero-order valence-corrected chi connectivity index (χ0v) is 20.0. The van der Waals surface area contributed by atoms with E-state index in [4.69, 9.17) is 9.97 Å². The van der Waals surface area contributed by atoms with Crippen LogP contribution in [0, 0.1) is 5.92 Å². The number of pyridine rings is 2. The summed E-state index contributed by atoms with van der Waals surface area (Å²) in [5, 5.41) is 0. The highest BCUT2D eigenvalue weighted by Crippen LogP contribution is 2.43. The minimum atomic E-state index is 0.440. The van der Waals surface area contributed by atoms with Gasteiger partial charge in [-0.05, 0) is 94.9 Å². The number of nitrogens with zero attached hydrogens (tertiary/aromatic N) is 6. The van der Waals surface area contributed by atoms with E-state index in [0.717, 1.165) is 24.7 Å². The van der Waals surface area contributed by atoms with Crippen LogP contribution in [0.4, 0.5) is 5.82 Å². The van der Waals surface area contributed by atoms with Gasteiger partial charge in [-0.1, -0.05) is 12.1 Å². The number of piperidine rings is 2. The Hall–Kier alpha value is -2.44. The molecule has 0 bridgehead atoms. The van der Waals surface area contributed by atoms with Crippen molar-refractivity contribution >= 4 is 11.5 Å². The number of aryl methyl sites for hydroxylation is 1. The average Bonchev–Trinajstić information content (AvgIpc) is 3.26. The van der Waals surface area contributed by atoms with Gasteiger partial charge in [-0.2, -0.15) is 0 Å². The summed E-state index contributed by atoms with van der Waals surface area (Å²) < 4.78 is 2.31. The summed E-state index contributed by atoms with van der Waals surface area (Å²) >= 11 is 0. The van der Waals surface area contributed by atoms with E-state index in [1.807, 2.05) is 6.20 Å². The van der Waals surface area contributed by atoms with Crippen molar-refractivity contribution in [1.82, 2.24) is 24.2 Å². The Morgan fingerprint density at radius 3 is 2.79 bits per heavy atom. The van der Waals surface area contributed by atoms with Gasteiger partial charge in [0, 0.05) is 32.0 Å². The van der Waals surface area contributed by atoms with Crippen LogP contribution >= 0.6 is 0 Å². The van der Waals surface area contributed by atoms with Crippen LogP contribution in [0.1, 0.15) is 55.1 Å². The summed E-state index contributed by atoms with van der Waals surface area (Å²) in [6.45, 7) is 4.38. The van der Waals surface area contributed by atoms with Crippen molar-refractivity contribution in [2.24, 2.45) is 5.92 Å². The number of rotatable bonds is 4. The molecule has 2 atom stereocenters. The lowest BCUT2D eigenvalue weighted by atomic mass is 9.77. The Labute approximate surface area is 197 Å². The van der Waals surface area contributed by atoms with Crippen LogP contribution in [-0.2, 0) is 13.0 Å². The van der Waals surface area contributed by atoms with Gasteiger partial charge in [0.2, 0.25) is 0 Å². The first-order chi connectivity index (χ1) is 16.2. The van der Waals surface area contributed by atoms with Gasteiger partial charge < -0.3 is 9.80 Å². The molecule has 1 aliphatic carbocycles. The fourth-order valence-corrected chi connectivity index (χ4v) is 6.48. The number of imidazole rings is 1. The summed E-state index contributed by atoms with van der Waals surface area (Å²) in [5.41, 5.74) is 4.99. The van der Waals surface area contributed by atoms with E-state index in [2.05, 4.69) is 69.7 Å². The SMILES string of the molecule is CN1CCC(N(C)c2cccc3nc(CN4CCC[C@H]5CCc6cccnc6[C@H]54)cn23)CC1. The number of aromatic nitrogens is 3. The first kappa shape index (κ1) is 21.1. The maximum Gasteiger partial charge on any atom is 0.138 e. The Morgan fingerprint density at radius 1 is 1.03 bits per heavy atom. The highest BCUT2D eigenvalue weighted by Gasteiger charge is 2.37. The van der Waals surface area contributed by atoms with E-state index in [1.165, 1.54) is 74.4 Å². The molecule has 2 aliphatic heterocycles. The molecule has 174 valence electrons. The predicted molar refractivity (Wildman–Crippen MR) is 133 cm³/mol. The second-order valence-electron chi connectivity index (χ2n) is 10.4. The van der Waals surface area contributed by atoms with Gasteiger partial charge in [-0.3, -0.25) is 14.3 Å². The van der Waals surface area contributed by atoms with Gasteiger partial charge in [0.1, 0.15) is 11.5 Å². The fraction of sp³-hybridized carbons (Fsp3) is 0.556. The smallest absolute Gasteiger partial charge is 0.138 e. The summed E-state index contributed by atoms with van der Waals surface area (Å²) in [7, 11) is 4.48. The molecule has 6 nitrogen and oxygen atoms in total. The molecule has 0 spiro atoms. The summed E-state index contributed by atoms with van der Waals surface area (Å²) in [4.78, 5) is 17.5. The first-order valence-corrected chi connectivity index (χ1v) is 12.7. The van der Waals surface area contributed by atoms with Crippen LogP contribution in [0.5, 0.6) is 0 Å². The van der Waals surface area contributed by atoms with E-state index in [9.17, 15) is 0 Å². The predicted octanol–water partition coefficient (Wildman–Crippen LogP) is 4.16. The van der Waals surface area contributed by atoms with Crippen molar-refractivity contribution in [1.29, 1.82) is 0 Å². The van der Waals surface area contributed by atoms with Crippen molar-refractivity contribution in [3.05, 3.63) is 59.7 Å². The molecule has 0 amide bonds. The maximum atomic E-state index is 5.07. The molecule has 6 rings (SSSR count). The number of hydrogen-bond acceptors (Lipinski definition) is 5. The lowest BCUT2D eigenvalue weighted by molar-refractivity contribution is 0.0687. The van der Waals surface area contributed by atoms with Crippen molar-refractivity contribution in [2.75, 3.05) is 38.6 Å². The molecular formula is C27H36N6. The number of hydrogen-bond donors (Lipinski definition) is 0. The number of anilines is 1. The maximum absolute atomic E-state index is 5.07. The minimum absolute atomic E-state index is 0.440. The third kappa shape index (κ3) is 3.93. The third-order valence-electron chi connectivity index (χ3n) is 8.33. The highest BCUT2D eigenvalue weighted by molar-refractivity contribution is 5.52. The lowest BCUT2D eigenvalue weighted by Crippen LogP contribution is -2.42. The second-order valence-corrected chi connectivity index (χ2v) is 10.4. The van der Waals surface area contributed by atoms with Crippen LogP contribution in [0.25, 0.3) is 5.65 Å². The fourth-order valence-electron chi connectivity index (χ4n) is 6.48. The highest BCUT2D eigenvalue weighted by atomic mass is 15.3. The first-order valence-electron chi connectivity index (χ1n) is 12.7. The van der Waals surface area contributed by atoms with Gasteiger partial charge in [0.15, 0.2) is 0 Å². The topological polar surface area (TPSA) is 39.9 Å². The summed E-state index contributed by atoms with van der Waals surface area (Å²) in [6, 6.07) is 11.9. The molecule has 0 radical (unpaired) electrons. The van der Waals surface area contributed by atoms with Crippen molar-refractivity contribution < 1.29 is 0 Å². The molecule has 0 saturated carbocycles. The quantitative estimate of drug-likeness (QED) is 0.604. The van der Waals surface area contributed by atoms with Crippen molar-refractivity contribution in [3.8, 4) is 0 Å². The van der Waals surface area contributed by atoms with E-state index < -0.39 is 0 Å². The van der Waals surface area contributed by atoms with Crippen molar-refractivity contribution in [2.45, 2.75) is 57.2 Å². The van der Waals surface area contributed by atoms with Gasteiger partial charge >= 0.3 is 0 Å². The van der Waals surface area contributed by atoms with Gasteiger partial charge in [-0.15, -0.1) is 0 Å². The molecule has 3 aromatic heterocycles. The van der Waals surface area contributed by atoms with E-state index in [1.54, 1.807) is 0 Å². The van der Waals surface area contributed by atoms with Gasteiger partial charge in [0.25, 0.3) is 0 Å². The molecule has 3 aromatic rings. The van der Waals surface area contributed by atoms with E-state index in [-0.39, 0.29) is 0 Å². The number of fused-ring (bicyclic) bond motifs is 4. The number of likely N-dealkylation sites (tertiary alicyclic amines) is 2. The molecule has 5 heterocycles. The third-order valence-corrected chi connectivity index (χ3v) is 8.33. The van der Waals surface area contributed by atoms with Crippen LogP contribution in [0.15, 0.2) is 42.7 Å².